The van der Waals surface area contributed by atoms with Crippen LogP contribution in [0.15, 0.2) is 24.4 Å². The van der Waals surface area contributed by atoms with Gasteiger partial charge in [-0.05, 0) is 43.5 Å². The Hall–Kier alpha value is -2.92. The van der Waals surface area contributed by atoms with Gasteiger partial charge in [0.25, 0.3) is 5.91 Å². The van der Waals surface area contributed by atoms with Gasteiger partial charge >= 0.3 is 0 Å². The van der Waals surface area contributed by atoms with E-state index in [4.69, 9.17) is 0 Å². The molecule has 1 aliphatic carbocycles. The number of rotatable bonds is 4. The molecule has 144 valence electrons. The molecule has 2 fully saturated rings. The number of nitriles is 1. The van der Waals surface area contributed by atoms with Crippen LogP contribution in [0.3, 0.4) is 0 Å². The molecule has 1 aliphatic heterocycles. The Morgan fingerprint density at radius 1 is 1.29 bits per heavy atom. The van der Waals surface area contributed by atoms with Gasteiger partial charge in [0.1, 0.15) is 11.9 Å². The van der Waals surface area contributed by atoms with Gasteiger partial charge in [0, 0.05) is 38.3 Å². The molecule has 2 aliphatic rings. The molecule has 1 N–H and O–H groups in total. The van der Waals surface area contributed by atoms with Gasteiger partial charge in [0.15, 0.2) is 0 Å². The van der Waals surface area contributed by atoms with E-state index in [2.05, 4.69) is 16.4 Å². The van der Waals surface area contributed by atoms with Crippen molar-refractivity contribution in [3.63, 3.8) is 0 Å². The van der Waals surface area contributed by atoms with Crippen LogP contribution in [0.2, 0.25) is 0 Å². The van der Waals surface area contributed by atoms with Crippen molar-refractivity contribution in [3.05, 3.63) is 40.4 Å². The summed E-state index contributed by atoms with van der Waals surface area (Å²) < 4.78 is 0. The zero-order chi connectivity index (χ0) is 19.7. The molecule has 0 unspecified atom stereocenters. The fourth-order valence-electron chi connectivity index (χ4n) is 3.33. The smallest absolute Gasteiger partial charge is 0.264 e. The summed E-state index contributed by atoms with van der Waals surface area (Å²) in [6.07, 6.45) is 3.59. The number of hydrogen-bond donors (Lipinski definition) is 1. The molecule has 4 rings (SSSR count). The van der Waals surface area contributed by atoms with Gasteiger partial charge in [-0.3, -0.25) is 9.59 Å². The number of aromatic nitrogens is 1. The highest BCUT2D eigenvalue weighted by Crippen LogP contribution is 2.33. The van der Waals surface area contributed by atoms with Crippen molar-refractivity contribution in [2.75, 3.05) is 36.4 Å². The van der Waals surface area contributed by atoms with Crippen LogP contribution in [0.4, 0.5) is 10.8 Å². The number of piperazine rings is 1. The van der Waals surface area contributed by atoms with E-state index in [1.165, 1.54) is 11.3 Å². The number of nitrogens with one attached hydrogen (secondary N) is 1. The number of thiophene rings is 1. The van der Waals surface area contributed by atoms with Crippen LogP contribution in [0.1, 0.15) is 33.6 Å². The van der Waals surface area contributed by atoms with E-state index < -0.39 is 0 Å². The molecule has 1 saturated carbocycles. The Bertz CT molecular complexity index is 952. The summed E-state index contributed by atoms with van der Waals surface area (Å²) in [5.41, 5.74) is 1.44. The SMILES string of the molecule is Cc1cc(NC(=O)C2CC2)sc1C(=O)N1CCN(c2ncccc2C#N)CC1. The first-order valence-electron chi connectivity index (χ1n) is 9.37. The van der Waals surface area contributed by atoms with Crippen molar-refractivity contribution in [2.24, 2.45) is 5.92 Å². The predicted octanol–water partition coefficient (Wildman–Crippen LogP) is 2.63. The lowest BCUT2D eigenvalue weighted by Crippen LogP contribution is -2.49. The van der Waals surface area contributed by atoms with Crippen molar-refractivity contribution >= 4 is 34.0 Å². The number of hydrogen-bond acceptors (Lipinski definition) is 6. The molecule has 8 heteroatoms. The van der Waals surface area contributed by atoms with Crippen molar-refractivity contribution in [1.29, 1.82) is 5.26 Å². The second kappa shape index (κ2) is 7.60. The van der Waals surface area contributed by atoms with Crippen LogP contribution in [0, 0.1) is 24.2 Å². The van der Waals surface area contributed by atoms with E-state index in [0.29, 0.717) is 42.4 Å². The molecule has 0 atom stereocenters. The number of anilines is 2. The minimum Gasteiger partial charge on any atom is -0.352 e. The van der Waals surface area contributed by atoms with Gasteiger partial charge in [-0.2, -0.15) is 5.26 Å². The highest BCUT2D eigenvalue weighted by molar-refractivity contribution is 7.18. The summed E-state index contributed by atoms with van der Waals surface area (Å²) in [5.74, 6) is 0.863. The Morgan fingerprint density at radius 3 is 2.71 bits per heavy atom. The first kappa shape index (κ1) is 18.4. The van der Waals surface area contributed by atoms with Gasteiger partial charge in [-0.25, -0.2) is 4.98 Å². The Kier molecular flexibility index (Phi) is 5.01. The quantitative estimate of drug-likeness (QED) is 0.860. The highest BCUT2D eigenvalue weighted by Gasteiger charge is 2.31. The predicted molar refractivity (Wildman–Crippen MR) is 107 cm³/mol. The fourth-order valence-corrected chi connectivity index (χ4v) is 4.37. The van der Waals surface area contributed by atoms with Crippen molar-refractivity contribution in [3.8, 4) is 6.07 Å². The third kappa shape index (κ3) is 3.71. The van der Waals surface area contributed by atoms with E-state index in [9.17, 15) is 14.9 Å². The lowest BCUT2D eigenvalue weighted by Gasteiger charge is -2.35. The maximum absolute atomic E-state index is 13.0. The number of nitrogens with zero attached hydrogens (tertiary/aromatic N) is 4. The molecule has 2 aromatic rings. The highest BCUT2D eigenvalue weighted by atomic mass is 32.1. The Labute approximate surface area is 167 Å². The molecule has 3 heterocycles. The van der Waals surface area contributed by atoms with Gasteiger partial charge in [-0.1, -0.05) is 0 Å². The molecule has 0 bridgehead atoms. The molecule has 28 heavy (non-hydrogen) atoms. The molecular formula is C20H21N5O2S. The molecular weight excluding hydrogens is 374 g/mol. The standard InChI is InChI=1S/C20H21N5O2S/c1-13-11-16(23-19(26)14-4-5-14)28-17(13)20(27)25-9-7-24(8-10-25)18-15(12-21)3-2-6-22-18/h2-3,6,11,14H,4-5,7-10H2,1H3,(H,23,26). The second-order valence-electron chi connectivity index (χ2n) is 7.15. The van der Waals surface area contributed by atoms with Crippen LogP contribution >= 0.6 is 11.3 Å². The summed E-state index contributed by atoms with van der Waals surface area (Å²) in [4.78, 5) is 33.8. The van der Waals surface area contributed by atoms with E-state index in [-0.39, 0.29) is 17.7 Å². The summed E-state index contributed by atoms with van der Waals surface area (Å²) >= 11 is 1.35. The number of aryl methyl sites for hydroxylation is 1. The van der Waals surface area contributed by atoms with Gasteiger partial charge in [-0.15, -0.1) is 11.3 Å². The lowest BCUT2D eigenvalue weighted by molar-refractivity contribution is -0.117. The average Bonchev–Trinajstić information content (AvgIpc) is 3.51. The van der Waals surface area contributed by atoms with E-state index in [1.54, 1.807) is 18.3 Å². The molecule has 2 amide bonds. The number of amides is 2. The van der Waals surface area contributed by atoms with E-state index in [0.717, 1.165) is 23.4 Å². The summed E-state index contributed by atoms with van der Waals surface area (Å²) in [6, 6.07) is 7.56. The maximum atomic E-state index is 13.0. The minimum absolute atomic E-state index is 0.00408. The number of pyridine rings is 1. The van der Waals surface area contributed by atoms with Crippen molar-refractivity contribution in [1.82, 2.24) is 9.88 Å². The Balaban J connectivity index is 1.41. The van der Waals surface area contributed by atoms with Crippen LogP contribution in [-0.2, 0) is 4.79 Å². The van der Waals surface area contributed by atoms with Gasteiger partial charge in [0.05, 0.1) is 15.4 Å². The largest absolute Gasteiger partial charge is 0.352 e. The molecule has 0 aromatic carbocycles. The van der Waals surface area contributed by atoms with E-state index in [1.807, 2.05) is 22.8 Å². The van der Waals surface area contributed by atoms with Gasteiger partial charge < -0.3 is 15.1 Å². The summed E-state index contributed by atoms with van der Waals surface area (Å²) in [5, 5.41) is 12.9. The average molecular weight is 395 g/mol. The van der Waals surface area contributed by atoms with Crippen LogP contribution in [-0.4, -0.2) is 47.9 Å². The minimum atomic E-state index is -0.00408. The normalized spacial score (nSPS) is 16.6. The molecule has 2 aromatic heterocycles. The van der Waals surface area contributed by atoms with Crippen molar-refractivity contribution < 1.29 is 9.59 Å². The van der Waals surface area contributed by atoms with Crippen LogP contribution in [0.5, 0.6) is 0 Å². The van der Waals surface area contributed by atoms with E-state index >= 15 is 0 Å². The molecule has 0 spiro atoms. The fraction of sp³-hybridized carbons (Fsp3) is 0.400. The van der Waals surface area contributed by atoms with Crippen LogP contribution < -0.4 is 10.2 Å². The monoisotopic (exact) mass is 395 g/mol. The first-order chi connectivity index (χ1) is 13.6. The number of carbonyl (C=O) groups excluding carboxylic acids is 2. The molecule has 0 radical (unpaired) electrons. The summed E-state index contributed by atoms with van der Waals surface area (Å²) in [7, 11) is 0. The zero-order valence-corrected chi connectivity index (χ0v) is 16.5. The number of carbonyl (C=O) groups is 2. The summed E-state index contributed by atoms with van der Waals surface area (Å²) in [6.45, 7) is 4.31. The third-order valence-electron chi connectivity index (χ3n) is 5.08. The first-order valence-corrected chi connectivity index (χ1v) is 10.2. The zero-order valence-electron chi connectivity index (χ0n) is 15.6. The maximum Gasteiger partial charge on any atom is 0.264 e. The van der Waals surface area contributed by atoms with Gasteiger partial charge in [0.2, 0.25) is 5.91 Å². The van der Waals surface area contributed by atoms with Crippen molar-refractivity contribution in [2.45, 2.75) is 19.8 Å². The van der Waals surface area contributed by atoms with Crippen LogP contribution in [0.25, 0.3) is 0 Å². The Morgan fingerprint density at radius 2 is 2.04 bits per heavy atom. The molecule has 7 nitrogen and oxygen atoms in total. The second-order valence-corrected chi connectivity index (χ2v) is 8.20. The lowest BCUT2D eigenvalue weighted by atomic mass is 10.2. The topological polar surface area (TPSA) is 89.3 Å². The molecule has 1 saturated heterocycles. The third-order valence-corrected chi connectivity index (χ3v) is 6.22.